The summed E-state index contributed by atoms with van der Waals surface area (Å²) in [5.74, 6) is -0.345. The van der Waals surface area contributed by atoms with Crippen LogP contribution in [0.5, 0.6) is 0 Å². The molecule has 1 aromatic carbocycles. The van der Waals surface area contributed by atoms with Crippen LogP contribution in [-0.2, 0) is 9.47 Å². The monoisotopic (exact) mass is 304 g/mol. The average molecular weight is 305 g/mol. The second-order valence-electron chi connectivity index (χ2n) is 3.80. The van der Waals surface area contributed by atoms with Crippen LogP contribution in [0.25, 0.3) is 0 Å². The van der Waals surface area contributed by atoms with Gasteiger partial charge < -0.3 is 20.5 Å². The summed E-state index contributed by atoms with van der Waals surface area (Å²) in [6.45, 7) is 2.32. The highest BCUT2D eigenvalue weighted by Crippen LogP contribution is 2.26. The second kappa shape index (κ2) is 5.66. The zero-order valence-corrected chi connectivity index (χ0v) is 10.8. The van der Waals surface area contributed by atoms with Crippen molar-refractivity contribution in [2.75, 3.05) is 37.4 Å². The lowest BCUT2D eigenvalue weighted by molar-refractivity contribution is -0.0818. The first-order chi connectivity index (χ1) is 8.16. The molecular weight excluding hydrogens is 291 g/mol. The highest BCUT2D eigenvalue weighted by Gasteiger charge is 2.14. The molecule has 3 N–H and O–H groups in total. The summed E-state index contributed by atoms with van der Waals surface area (Å²) in [5, 5.41) is 3.06. The Morgan fingerprint density at radius 3 is 3.00 bits per heavy atom. The maximum absolute atomic E-state index is 13.3. The summed E-state index contributed by atoms with van der Waals surface area (Å²) >= 11 is 3.08. The van der Waals surface area contributed by atoms with Crippen LogP contribution in [0.4, 0.5) is 15.8 Å². The average Bonchev–Trinajstić information content (AvgIpc) is 2.33. The van der Waals surface area contributed by atoms with Gasteiger partial charge in [-0.25, -0.2) is 4.39 Å². The zero-order valence-electron chi connectivity index (χ0n) is 9.21. The fourth-order valence-electron chi connectivity index (χ4n) is 1.59. The number of ether oxygens (including phenoxy) is 2. The largest absolute Gasteiger partial charge is 0.397 e. The molecular formula is C11H14BrFN2O2. The van der Waals surface area contributed by atoms with Crippen LogP contribution in [0.3, 0.4) is 0 Å². The van der Waals surface area contributed by atoms with Crippen LogP contribution in [-0.4, -0.2) is 32.5 Å². The number of hydrogen-bond acceptors (Lipinski definition) is 4. The Kier molecular flexibility index (Phi) is 4.20. The van der Waals surface area contributed by atoms with Crippen molar-refractivity contribution in [2.24, 2.45) is 0 Å². The highest BCUT2D eigenvalue weighted by atomic mass is 79.9. The molecule has 0 radical (unpaired) electrons. The first kappa shape index (κ1) is 12.6. The van der Waals surface area contributed by atoms with Gasteiger partial charge in [-0.3, -0.25) is 0 Å². The molecule has 17 heavy (non-hydrogen) atoms. The third-order valence-electron chi connectivity index (χ3n) is 2.50. The number of halogens is 2. The lowest BCUT2D eigenvalue weighted by atomic mass is 10.2. The summed E-state index contributed by atoms with van der Waals surface area (Å²) in [6, 6.07) is 2.90. The van der Waals surface area contributed by atoms with Crippen LogP contribution in [0, 0.1) is 5.82 Å². The van der Waals surface area contributed by atoms with Gasteiger partial charge >= 0.3 is 0 Å². The summed E-state index contributed by atoms with van der Waals surface area (Å²) in [6.07, 6.45) is -0.0186. The summed E-state index contributed by atoms with van der Waals surface area (Å²) in [5.41, 5.74) is 6.84. The molecule has 0 spiro atoms. The van der Waals surface area contributed by atoms with E-state index in [0.717, 1.165) is 0 Å². The topological polar surface area (TPSA) is 56.5 Å². The number of hydrogen-bond donors (Lipinski definition) is 2. The molecule has 6 heteroatoms. The molecule has 4 nitrogen and oxygen atoms in total. The Morgan fingerprint density at radius 1 is 1.47 bits per heavy atom. The fourth-order valence-corrected chi connectivity index (χ4v) is 1.95. The molecule has 1 unspecified atom stereocenters. The van der Waals surface area contributed by atoms with Gasteiger partial charge in [0.25, 0.3) is 0 Å². The third kappa shape index (κ3) is 3.31. The Hall–Kier alpha value is -0.850. The minimum atomic E-state index is -0.345. The maximum atomic E-state index is 13.3. The van der Waals surface area contributed by atoms with E-state index in [1.807, 2.05) is 0 Å². The van der Waals surface area contributed by atoms with E-state index in [2.05, 4.69) is 21.2 Å². The number of benzene rings is 1. The van der Waals surface area contributed by atoms with Crippen LogP contribution >= 0.6 is 15.9 Å². The molecule has 94 valence electrons. The zero-order chi connectivity index (χ0) is 12.3. The van der Waals surface area contributed by atoms with E-state index in [4.69, 9.17) is 15.2 Å². The predicted octanol–water partition coefficient (Wildman–Crippen LogP) is 2.00. The summed E-state index contributed by atoms with van der Waals surface area (Å²) in [7, 11) is 0. The van der Waals surface area contributed by atoms with Crippen molar-refractivity contribution in [3.8, 4) is 0 Å². The Labute approximate surface area is 107 Å². The fraction of sp³-hybridized carbons (Fsp3) is 0.455. The second-order valence-corrected chi connectivity index (χ2v) is 4.66. The summed E-state index contributed by atoms with van der Waals surface area (Å²) in [4.78, 5) is 0. The first-order valence-corrected chi connectivity index (χ1v) is 6.14. The van der Waals surface area contributed by atoms with Crippen molar-refractivity contribution in [1.29, 1.82) is 0 Å². The van der Waals surface area contributed by atoms with E-state index in [1.54, 1.807) is 0 Å². The van der Waals surface area contributed by atoms with E-state index in [9.17, 15) is 4.39 Å². The van der Waals surface area contributed by atoms with Gasteiger partial charge in [0.15, 0.2) is 0 Å². The molecule has 1 heterocycles. The molecule has 1 saturated heterocycles. The number of nitrogens with one attached hydrogen (secondary N) is 1. The van der Waals surface area contributed by atoms with Crippen molar-refractivity contribution in [3.05, 3.63) is 22.4 Å². The Morgan fingerprint density at radius 2 is 2.29 bits per heavy atom. The maximum Gasteiger partial charge on any atom is 0.139 e. The van der Waals surface area contributed by atoms with E-state index >= 15 is 0 Å². The molecule has 0 bridgehead atoms. The molecule has 1 atom stereocenters. The molecule has 1 aromatic rings. The SMILES string of the molecule is Nc1cc(Br)c(F)cc1NCC1COCCO1. The Balaban J connectivity index is 1.96. The number of nitrogens with two attached hydrogens (primary N) is 1. The molecule has 2 rings (SSSR count). The minimum Gasteiger partial charge on any atom is -0.397 e. The normalized spacial score (nSPS) is 20.2. The van der Waals surface area contributed by atoms with E-state index in [1.165, 1.54) is 12.1 Å². The van der Waals surface area contributed by atoms with Gasteiger partial charge in [0.1, 0.15) is 5.82 Å². The molecule has 1 aliphatic rings. The van der Waals surface area contributed by atoms with Gasteiger partial charge in [0.2, 0.25) is 0 Å². The van der Waals surface area contributed by atoms with Gasteiger partial charge in [-0.1, -0.05) is 0 Å². The predicted molar refractivity (Wildman–Crippen MR) is 67.6 cm³/mol. The van der Waals surface area contributed by atoms with Gasteiger partial charge in [-0.15, -0.1) is 0 Å². The van der Waals surface area contributed by atoms with E-state index in [-0.39, 0.29) is 11.9 Å². The standard InChI is InChI=1S/C11H14BrFN2O2/c12-8-3-10(14)11(4-9(8)13)15-5-7-6-16-1-2-17-7/h3-4,7,15H,1-2,5-6,14H2. The lowest BCUT2D eigenvalue weighted by Gasteiger charge is -2.23. The van der Waals surface area contributed by atoms with E-state index in [0.29, 0.717) is 42.2 Å². The third-order valence-corrected chi connectivity index (χ3v) is 3.11. The van der Waals surface area contributed by atoms with Gasteiger partial charge in [0.05, 0.1) is 41.8 Å². The minimum absolute atomic E-state index is 0.0186. The number of nitrogen functional groups attached to an aromatic ring is 1. The van der Waals surface area contributed by atoms with Crippen molar-refractivity contribution < 1.29 is 13.9 Å². The van der Waals surface area contributed by atoms with Crippen LogP contribution < -0.4 is 11.1 Å². The van der Waals surface area contributed by atoms with Crippen LogP contribution in [0.2, 0.25) is 0 Å². The highest BCUT2D eigenvalue weighted by molar-refractivity contribution is 9.10. The van der Waals surface area contributed by atoms with Crippen LogP contribution in [0.15, 0.2) is 16.6 Å². The lowest BCUT2D eigenvalue weighted by Crippen LogP contribution is -2.34. The van der Waals surface area contributed by atoms with Crippen molar-refractivity contribution in [1.82, 2.24) is 0 Å². The number of rotatable bonds is 3. The Bertz CT molecular complexity index is 397. The molecule has 1 aliphatic heterocycles. The molecule has 0 aliphatic carbocycles. The van der Waals surface area contributed by atoms with Crippen molar-refractivity contribution in [2.45, 2.75) is 6.10 Å². The number of anilines is 2. The van der Waals surface area contributed by atoms with Gasteiger partial charge in [-0.05, 0) is 22.0 Å². The molecule has 0 aromatic heterocycles. The van der Waals surface area contributed by atoms with Crippen molar-refractivity contribution >= 4 is 27.3 Å². The summed E-state index contributed by atoms with van der Waals surface area (Å²) < 4.78 is 24.4. The van der Waals surface area contributed by atoms with E-state index < -0.39 is 0 Å². The molecule has 0 amide bonds. The smallest absolute Gasteiger partial charge is 0.139 e. The van der Waals surface area contributed by atoms with Gasteiger partial charge in [0, 0.05) is 12.6 Å². The van der Waals surface area contributed by atoms with Crippen LogP contribution in [0.1, 0.15) is 0 Å². The van der Waals surface area contributed by atoms with Crippen molar-refractivity contribution in [3.63, 3.8) is 0 Å². The quantitative estimate of drug-likeness (QED) is 0.839. The first-order valence-electron chi connectivity index (χ1n) is 5.34. The van der Waals surface area contributed by atoms with Gasteiger partial charge in [-0.2, -0.15) is 0 Å². The molecule has 0 saturated carbocycles. The molecule has 1 fully saturated rings.